The van der Waals surface area contributed by atoms with Crippen molar-refractivity contribution in [3.63, 3.8) is 0 Å². The zero-order valence-corrected chi connectivity index (χ0v) is 11.6. The van der Waals surface area contributed by atoms with Crippen molar-refractivity contribution < 1.29 is 29.7 Å². The van der Waals surface area contributed by atoms with E-state index in [9.17, 15) is 14.4 Å². The van der Waals surface area contributed by atoms with Gasteiger partial charge in [0.1, 0.15) is 0 Å². The molecule has 0 aromatic carbocycles. The molecular weight excluding hydrogens is 268 g/mol. The van der Waals surface area contributed by atoms with E-state index in [1.807, 2.05) is 11.8 Å². The zero-order chi connectivity index (χ0) is 15.5. The zero-order valence-electron chi connectivity index (χ0n) is 11.6. The van der Waals surface area contributed by atoms with Gasteiger partial charge in [0, 0.05) is 26.2 Å². The normalized spacial score (nSPS) is 10.9. The van der Waals surface area contributed by atoms with Crippen LogP contribution in [-0.2, 0) is 14.4 Å². The van der Waals surface area contributed by atoms with Crippen LogP contribution >= 0.6 is 0 Å². The van der Waals surface area contributed by atoms with Gasteiger partial charge in [0.15, 0.2) is 0 Å². The van der Waals surface area contributed by atoms with Gasteiger partial charge >= 0.3 is 17.9 Å². The predicted molar refractivity (Wildman–Crippen MR) is 70.7 cm³/mol. The van der Waals surface area contributed by atoms with E-state index in [0.717, 1.165) is 0 Å². The first-order valence-corrected chi connectivity index (χ1v) is 6.45. The minimum absolute atomic E-state index is 0.0297. The van der Waals surface area contributed by atoms with E-state index in [1.54, 1.807) is 4.90 Å². The first-order valence-electron chi connectivity index (χ1n) is 6.45. The van der Waals surface area contributed by atoms with E-state index < -0.39 is 17.9 Å². The lowest BCUT2D eigenvalue weighted by Crippen LogP contribution is -2.39. The molecule has 0 aromatic rings. The predicted octanol–water partition coefficient (Wildman–Crippen LogP) is -0.356. The smallest absolute Gasteiger partial charge is 0.317 e. The maximum atomic E-state index is 10.7. The molecule has 116 valence electrons. The van der Waals surface area contributed by atoms with Crippen LogP contribution in [0.2, 0.25) is 0 Å². The lowest BCUT2D eigenvalue weighted by Gasteiger charge is -2.25. The largest absolute Gasteiger partial charge is 0.481 e. The molecule has 0 amide bonds. The van der Waals surface area contributed by atoms with Gasteiger partial charge in [-0.05, 0) is 6.54 Å². The van der Waals surface area contributed by atoms with Crippen LogP contribution in [-0.4, -0.2) is 82.3 Å². The Morgan fingerprint density at radius 3 is 1.60 bits per heavy atom. The van der Waals surface area contributed by atoms with Crippen molar-refractivity contribution in [2.45, 2.75) is 19.8 Å². The van der Waals surface area contributed by atoms with Gasteiger partial charge in [-0.1, -0.05) is 6.92 Å². The van der Waals surface area contributed by atoms with E-state index in [2.05, 4.69) is 0 Å². The summed E-state index contributed by atoms with van der Waals surface area (Å²) in [6.07, 6.45) is -0.0869. The minimum Gasteiger partial charge on any atom is -0.481 e. The summed E-state index contributed by atoms with van der Waals surface area (Å²) in [7, 11) is 0. The van der Waals surface area contributed by atoms with Crippen LogP contribution in [0, 0.1) is 0 Å². The summed E-state index contributed by atoms with van der Waals surface area (Å²) in [5, 5.41) is 26.0. The monoisotopic (exact) mass is 290 g/mol. The topological polar surface area (TPSA) is 118 Å². The number of carboxylic acids is 3. The highest BCUT2D eigenvalue weighted by Gasteiger charge is 2.13. The Morgan fingerprint density at radius 1 is 0.750 bits per heavy atom. The molecule has 0 saturated heterocycles. The molecule has 8 nitrogen and oxygen atoms in total. The molecule has 0 aliphatic heterocycles. The van der Waals surface area contributed by atoms with Crippen LogP contribution < -0.4 is 0 Å². The molecule has 0 unspecified atom stereocenters. The Balaban J connectivity index is 4.21. The molecule has 0 rings (SSSR count). The third-order valence-corrected chi connectivity index (χ3v) is 2.82. The van der Waals surface area contributed by atoms with Crippen LogP contribution in [0.3, 0.4) is 0 Å². The van der Waals surface area contributed by atoms with Crippen molar-refractivity contribution in [1.29, 1.82) is 0 Å². The van der Waals surface area contributed by atoms with Gasteiger partial charge in [0.25, 0.3) is 0 Å². The maximum Gasteiger partial charge on any atom is 0.317 e. The number of hydrogen-bond acceptors (Lipinski definition) is 5. The molecule has 0 heterocycles. The van der Waals surface area contributed by atoms with Crippen LogP contribution in [0.15, 0.2) is 0 Å². The van der Waals surface area contributed by atoms with Crippen molar-refractivity contribution in [2.75, 3.05) is 39.3 Å². The fraction of sp³-hybridized carbons (Fsp3) is 0.750. The van der Waals surface area contributed by atoms with Gasteiger partial charge in [0.05, 0.1) is 19.4 Å². The molecule has 0 radical (unpaired) electrons. The summed E-state index contributed by atoms with van der Waals surface area (Å²) in [5.41, 5.74) is 0. The number of hydrogen-bond donors (Lipinski definition) is 3. The van der Waals surface area contributed by atoms with Gasteiger partial charge in [-0.3, -0.25) is 19.3 Å². The molecular formula is C12H22N2O6. The molecule has 0 aromatic heterocycles. The van der Waals surface area contributed by atoms with E-state index >= 15 is 0 Å². The standard InChI is InChI=1S/C12H22N2O6/c1-2-13(5-3-10(15)16)7-8-14(9-12(19)20)6-4-11(17)18/h2-9H2,1H3,(H,15,16)(H,17,18)(H,19,20). The molecule has 8 heteroatoms. The second kappa shape index (κ2) is 10.2. The molecule has 0 aliphatic rings. The Morgan fingerprint density at radius 2 is 1.20 bits per heavy atom. The molecule has 0 saturated carbocycles. The maximum absolute atomic E-state index is 10.7. The summed E-state index contributed by atoms with van der Waals surface area (Å²) in [6.45, 7) is 3.80. The highest BCUT2D eigenvalue weighted by Crippen LogP contribution is 1.97. The van der Waals surface area contributed by atoms with Crippen LogP contribution in [0.1, 0.15) is 19.8 Å². The van der Waals surface area contributed by atoms with Crippen molar-refractivity contribution >= 4 is 17.9 Å². The Kier molecular flexibility index (Phi) is 9.31. The van der Waals surface area contributed by atoms with E-state index in [0.29, 0.717) is 26.2 Å². The fourth-order valence-corrected chi connectivity index (χ4v) is 1.68. The van der Waals surface area contributed by atoms with Crippen molar-refractivity contribution in [3.8, 4) is 0 Å². The summed E-state index contributed by atoms with van der Waals surface area (Å²) in [6, 6.07) is 0. The molecule has 0 fully saturated rings. The quantitative estimate of drug-likeness (QED) is 0.446. The second-order valence-corrected chi connectivity index (χ2v) is 4.39. The second-order valence-electron chi connectivity index (χ2n) is 4.39. The molecule has 0 bridgehead atoms. The number of aliphatic carboxylic acids is 3. The summed E-state index contributed by atoms with van der Waals surface area (Å²) in [5.74, 6) is -2.86. The average Bonchev–Trinajstić information content (AvgIpc) is 2.34. The first kappa shape index (κ1) is 18.3. The van der Waals surface area contributed by atoms with Gasteiger partial charge in [-0.2, -0.15) is 0 Å². The third-order valence-electron chi connectivity index (χ3n) is 2.82. The number of likely N-dealkylation sites (N-methyl/N-ethyl adjacent to an activating group) is 1. The summed E-state index contributed by atoms with van der Waals surface area (Å²) < 4.78 is 0. The number of nitrogens with zero attached hydrogens (tertiary/aromatic N) is 2. The molecule has 0 atom stereocenters. The van der Waals surface area contributed by atoms with E-state index in [-0.39, 0.29) is 25.9 Å². The highest BCUT2D eigenvalue weighted by molar-refractivity contribution is 5.69. The van der Waals surface area contributed by atoms with Crippen molar-refractivity contribution in [2.24, 2.45) is 0 Å². The van der Waals surface area contributed by atoms with Crippen molar-refractivity contribution in [1.82, 2.24) is 9.80 Å². The van der Waals surface area contributed by atoms with E-state index in [4.69, 9.17) is 15.3 Å². The molecule has 0 spiro atoms. The van der Waals surface area contributed by atoms with Crippen LogP contribution in [0.25, 0.3) is 0 Å². The lowest BCUT2D eigenvalue weighted by molar-refractivity contribution is -0.141. The van der Waals surface area contributed by atoms with E-state index in [1.165, 1.54) is 0 Å². The first-order chi connectivity index (χ1) is 9.35. The number of carboxylic acid groups (broad SMARTS) is 3. The molecule has 3 N–H and O–H groups in total. The van der Waals surface area contributed by atoms with Crippen LogP contribution in [0.4, 0.5) is 0 Å². The van der Waals surface area contributed by atoms with Gasteiger partial charge in [-0.25, -0.2) is 0 Å². The summed E-state index contributed by atoms with van der Waals surface area (Å²) >= 11 is 0. The third kappa shape index (κ3) is 10.3. The van der Waals surface area contributed by atoms with Crippen molar-refractivity contribution in [3.05, 3.63) is 0 Å². The Labute approximate surface area is 117 Å². The Bertz CT molecular complexity index is 334. The fourth-order valence-electron chi connectivity index (χ4n) is 1.68. The van der Waals surface area contributed by atoms with Gasteiger partial charge < -0.3 is 20.2 Å². The van der Waals surface area contributed by atoms with Crippen LogP contribution in [0.5, 0.6) is 0 Å². The number of carbonyl (C=O) groups is 3. The van der Waals surface area contributed by atoms with Gasteiger partial charge in [-0.15, -0.1) is 0 Å². The Hall–Kier alpha value is -1.67. The lowest BCUT2D eigenvalue weighted by atomic mass is 10.3. The minimum atomic E-state index is -1.01. The molecule has 20 heavy (non-hydrogen) atoms. The average molecular weight is 290 g/mol. The highest BCUT2D eigenvalue weighted by atomic mass is 16.4. The SMILES string of the molecule is CCN(CCC(=O)O)CCN(CCC(=O)O)CC(=O)O. The molecule has 0 aliphatic carbocycles. The number of rotatable bonds is 12. The summed E-state index contributed by atoms with van der Waals surface area (Å²) in [4.78, 5) is 35.1. The van der Waals surface area contributed by atoms with Gasteiger partial charge in [0.2, 0.25) is 0 Å².